The molecule has 0 radical (unpaired) electrons. The van der Waals surface area contributed by atoms with E-state index in [1.807, 2.05) is 0 Å². The molecule has 112 valence electrons. The number of nitrogens with two attached hydrogens (primary N) is 1. The number of carbonyl (C=O) groups excluding carboxylic acids is 1. The van der Waals surface area contributed by atoms with Crippen LogP contribution in [0.1, 0.15) is 12.8 Å². The van der Waals surface area contributed by atoms with Crippen LogP contribution in [-0.4, -0.2) is 44.3 Å². The van der Waals surface area contributed by atoms with Crippen LogP contribution in [0.2, 0.25) is 0 Å². The number of thiophene rings is 1. The fourth-order valence-electron chi connectivity index (χ4n) is 2.23. The SMILES string of the molecule is NC(=O)CN(C1CCNCC1)S(=O)(=O)c1sccc1Br. The highest BCUT2D eigenvalue weighted by Crippen LogP contribution is 2.32. The molecule has 2 heterocycles. The van der Waals surface area contributed by atoms with Gasteiger partial charge in [0.05, 0.1) is 6.54 Å². The first-order chi connectivity index (χ1) is 9.43. The molecular formula is C11H16BrN3O3S2. The summed E-state index contributed by atoms with van der Waals surface area (Å²) in [4.78, 5) is 11.2. The molecule has 0 aliphatic carbocycles. The van der Waals surface area contributed by atoms with Crippen molar-refractivity contribution in [3.05, 3.63) is 15.9 Å². The molecule has 0 saturated carbocycles. The van der Waals surface area contributed by atoms with Crippen molar-refractivity contribution in [1.82, 2.24) is 9.62 Å². The molecule has 0 unspecified atom stereocenters. The molecule has 1 aliphatic rings. The molecule has 1 fully saturated rings. The van der Waals surface area contributed by atoms with Gasteiger partial charge in [0.1, 0.15) is 4.21 Å². The number of sulfonamides is 1. The van der Waals surface area contributed by atoms with Crippen molar-refractivity contribution in [2.24, 2.45) is 5.73 Å². The van der Waals surface area contributed by atoms with E-state index >= 15 is 0 Å². The summed E-state index contributed by atoms with van der Waals surface area (Å²) >= 11 is 4.37. The van der Waals surface area contributed by atoms with Gasteiger partial charge in [0, 0.05) is 10.5 Å². The first kappa shape index (κ1) is 15.9. The van der Waals surface area contributed by atoms with Crippen LogP contribution in [0.3, 0.4) is 0 Å². The minimum absolute atomic E-state index is 0.192. The Labute approximate surface area is 130 Å². The van der Waals surface area contributed by atoms with Crippen molar-refractivity contribution in [3.8, 4) is 0 Å². The maximum absolute atomic E-state index is 12.7. The fraction of sp³-hybridized carbons (Fsp3) is 0.545. The number of amides is 1. The standard InChI is InChI=1S/C11H16BrN3O3S2/c12-9-3-6-19-11(9)20(17,18)15(7-10(13)16)8-1-4-14-5-2-8/h3,6,8,14H,1-2,4-5,7H2,(H2,13,16). The van der Waals surface area contributed by atoms with Gasteiger partial charge in [-0.25, -0.2) is 8.42 Å². The smallest absolute Gasteiger partial charge is 0.254 e. The van der Waals surface area contributed by atoms with Gasteiger partial charge in [0.25, 0.3) is 10.0 Å². The van der Waals surface area contributed by atoms with Crippen molar-refractivity contribution in [2.45, 2.75) is 23.1 Å². The minimum atomic E-state index is -3.71. The number of halogens is 1. The third-order valence-corrected chi connectivity index (χ3v) is 7.70. The summed E-state index contributed by atoms with van der Waals surface area (Å²) in [6.07, 6.45) is 1.35. The Morgan fingerprint density at radius 3 is 2.65 bits per heavy atom. The largest absolute Gasteiger partial charge is 0.369 e. The summed E-state index contributed by atoms with van der Waals surface area (Å²) in [6, 6.07) is 1.49. The van der Waals surface area contributed by atoms with Crippen LogP contribution < -0.4 is 11.1 Å². The lowest BCUT2D eigenvalue weighted by atomic mass is 10.1. The predicted molar refractivity (Wildman–Crippen MR) is 81.0 cm³/mol. The highest BCUT2D eigenvalue weighted by molar-refractivity contribution is 9.10. The van der Waals surface area contributed by atoms with Crippen molar-refractivity contribution >= 4 is 43.2 Å². The summed E-state index contributed by atoms with van der Waals surface area (Å²) in [5.41, 5.74) is 5.22. The number of primary amides is 1. The molecule has 1 aromatic heterocycles. The molecule has 0 bridgehead atoms. The Hall–Kier alpha value is -0.480. The molecular weight excluding hydrogens is 366 g/mol. The average molecular weight is 382 g/mol. The summed E-state index contributed by atoms with van der Waals surface area (Å²) in [5.74, 6) is -0.639. The third kappa shape index (κ3) is 3.40. The Morgan fingerprint density at radius 2 is 2.15 bits per heavy atom. The average Bonchev–Trinajstić information content (AvgIpc) is 2.83. The quantitative estimate of drug-likeness (QED) is 0.786. The van der Waals surface area contributed by atoms with E-state index in [4.69, 9.17) is 5.73 Å². The number of nitrogens with zero attached hydrogens (tertiary/aromatic N) is 1. The third-order valence-electron chi connectivity index (χ3n) is 3.16. The van der Waals surface area contributed by atoms with E-state index < -0.39 is 15.9 Å². The van der Waals surface area contributed by atoms with Gasteiger partial charge in [0.15, 0.2) is 0 Å². The lowest BCUT2D eigenvalue weighted by Gasteiger charge is -2.32. The minimum Gasteiger partial charge on any atom is -0.369 e. The fourth-order valence-corrected chi connectivity index (χ4v) is 6.31. The normalized spacial score (nSPS) is 17.5. The first-order valence-corrected chi connectivity index (χ1v) is 9.28. The van der Waals surface area contributed by atoms with E-state index in [1.54, 1.807) is 11.4 Å². The van der Waals surface area contributed by atoms with Gasteiger partial charge in [-0.3, -0.25) is 4.79 Å². The Balaban J connectivity index is 2.34. The molecule has 0 aromatic carbocycles. The number of carbonyl (C=O) groups is 1. The van der Waals surface area contributed by atoms with E-state index in [1.165, 1.54) is 4.31 Å². The zero-order chi connectivity index (χ0) is 14.8. The lowest BCUT2D eigenvalue weighted by Crippen LogP contribution is -2.49. The van der Waals surface area contributed by atoms with Crippen LogP contribution >= 0.6 is 27.3 Å². The first-order valence-electron chi connectivity index (χ1n) is 6.17. The van der Waals surface area contributed by atoms with Crippen molar-refractivity contribution in [1.29, 1.82) is 0 Å². The van der Waals surface area contributed by atoms with Gasteiger partial charge >= 0.3 is 0 Å². The molecule has 3 N–H and O–H groups in total. The monoisotopic (exact) mass is 381 g/mol. The molecule has 0 atom stereocenters. The lowest BCUT2D eigenvalue weighted by molar-refractivity contribution is -0.118. The molecule has 1 aliphatic heterocycles. The van der Waals surface area contributed by atoms with Gasteiger partial charge in [-0.1, -0.05) is 0 Å². The van der Waals surface area contributed by atoms with Gasteiger partial charge in [0.2, 0.25) is 5.91 Å². The molecule has 1 saturated heterocycles. The number of rotatable bonds is 5. The zero-order valence-electron chi connectivity index (χ0n) is 10.7. The summed E-state index contributed by atoms with van der Waals surface area (Å²) < 4.78 is 27.4. The van der Waals surface area contributed by atoms with Crippen LogP contribution in [0, 0.1) is 0 Å². The summed E-state index contributed by atoms with van der Waals surface area (Å²) in [6.45, 7) is 1.19. The van der Waals surface area contributed by atoms with Crippen LogP contribution in [0.15, 0.2) is 20.1 Å². The van der Waals surface area contributed by atoms with Crippen molar-refractivity contribution in [3.63, 3.8) is 0 Å². The Morgan fingerprint density at radius 1 is 1.50 bits per heavy atom. The molecule has 0 spiro atoms. The van der Waals surface area contributed by atoms with E-state index in [0.717, 1.165) is 24.4 Å². The zero-order valence-corrected chi connectivity index (χ0v) is 13.9. The predicted octanol–water partition coefficient (Wildman–Crippen LogP) is 0.739. The topological polar surface area (TPSA) is 92.5 Å². The number of nitrogens with one attached hydrogen (secondary N) is 1. The van der Waals surface area contributed by atoms with E-state index in [2.05, 4.69) is 21.2 Å². The molecule has 1 amide bonds. The van der Waals surface area contributed by atoms with E-state index in [-0.39, 0.29) is 16.8 Å². The number of hydrogen-bond acceptors (Lipinski definition) is 5. The molecule has 1 aromatic rings. The second kappa shape index (κ2) is 6.52. The van der Waals surface area contributed by atoms with Gasteiger partial charge < -0.3 is 11.1 Å². The second-order valence-corrected chi connectivity index (χ2v) is 8.41. The number of piperidine rings is 1. The highest BCUT2D eigenvalue weighted by atomic mass is 79.9. The molecule has 9 heteroatoms. The maximum Gasteiger partial charge on any atom is 0.254 e. The van der Waals surface area contributed by atoms with Gasteiger partial charge in [-0.2, -0.15) is 4.31 Å². The van der Waals surface area contributed by atoms with Gasteiger partial charge in [-0.15, -0.1) is 11.3 Å². The Bertz CT molecular complexity index is 581. The molecule has 20 heavy (non-hydrogen) atoms. The highest BCUT2D eigenvalue weighted by Gasteiger charge is 2.35. The van der Waals surface area contributed by atoms with E-state index in [9.17, 15) is 13.2 Å². The Kier molecular flexibility index (Phi) is 5.19. The molecule has 2 rings (SSSR count). The molecule has 6 nitrogen and oxygen atoms in total. The van der Waals surface area contributed by atoms with E-state index in [0.29, 0.717) is 17.3 Å². The summed E-state index contributed by atoms with van der Waals surface area (Å²) in [7, 11) is -3.71. The summed E-state index contributed by atoms with van der Waals surface area (Å²) in [5, 5.41) is 4.87. The van der Waals surface area contributed by atoms with Crippen LogP contribution in [0.25, 0.3) is 0 Å². The van der Waals surface area contributed by atoms with Crippen LogP contribution in [-0.2, 0) is 14.8 Å². The maximum atomic E-state index is 12.7. The van der Waals surface area contributed by atoms with Crippen LogP contribution in [0.5, 0.6) is 0 Å². The van der Waals surface area contributed by atoms with Gasteiger partial charge in [-0.05, 0) is 53.3 Å². The van der Waals surface area contributed by atoms with Crippen LogP contribution in [0.4, 0.5) is 0 Å². The number of hydrogen-bond donors (Lipinski definition) is 2. The van der Waals surface area contributed by atoms with Crippen molar-refractivity contribution in [2.75, 3.05) is 19.6 Å². The van der Waals surface area contributed by atoms with Crippen molar-refractivity contribution < 1.29 is 13.2 Å². The second-order valence-electron chi connectivity index (χ2n) is 4.55.